The summed E-state index contributed by atoms with van der Waals surface area (Å²) in [5, 5.41) is 0. The molecule has 0 heterocycles. The number of rotatable bonds is 4. The van der Waals surface area contributed by atoms with Crippen LogP contribution in [0.15, 0.2) is 54.6 Å². The second kappa shape index (κ2) is 5.63. The van der Waals surface area contributed by atoms with Crippen molar-refractivity contribution in [3.05, 3.63) is 60.2 Å². The fraction of sp³-hybridized carbons (Fsp3) is 0.235. The van der Waals surface area contributed by atoms with Crippen molar-refractivity contribution in [2.75, 3.05) is 0 Å². The van der Waals surface area contributed by atoms with Crippen molar-refractivity contribution in [2.24, 2.45) is 5.92 Å². The smallest absolute Gasteiger partial charge is 0.132 e. The minimum absolute atomic E-state index is 0.104. The highest BCUT2D eigenvalue weighted by Gasteiger charge is 2.08. The highest BCUT2D eigenvalue weighted by molar-refractivity contribution is 5.78. The summed E-state index contributed by atoms with van der Waals surface area (Å²) < 4.78 is 0. The Morgan fingerprint density at radius 3 is 2.06 bits per heavy atom. The van der Waals surface area contributed by atoms with Crippen LogP contribution in [0.25, 0.3) is 11.1 Å². The highest BCUT2D eigenvalue weighted by Crippen LogP contribution is 2.20. The molecule has 2 rings (SSSR count). The average Bonchev–Trinajstić information content (AvgIpc) is 2.40. The van der Waals surface area contributed by atoms with Gasteiger partial charge in [0.05, 0.1) is 0 Å². The summed E-state index contributed by atoms with van der Waals surface area (Å²) in [7, 11) is 0. The molecular weight excluding hydrogens is 220 g/mol. The summed E-state index contributed by atoms with van der Waals surface area (Å²) in [6.07, 6.45) is 0.824. The molecule has 1 unspecified atom stereocenters. The molecule has 0 amide bonds. The van der Waals surface area contributed by atoms with Crippen LogP contribution in [0.4, 0.5) is 0 Å². The summed E-state index contributed by atoms with van der Waals surface area (Å²) in [4.78, 5) is 11.2. The maximum Gasteiger partial charge on any atom is 0.132 e. The van der Waals surface area contributed by atoms with Gasteiger partial charge in [-0.2, -0.15) is 0 Å². The van der Waals surface area contributed by atoms with Gasteiger partial charge < -0.3 is 0 Å². The van der Waals surface area contributed by atoms with Crippen LogP contribution in [-0.2, 0) is 11.2 Å². The Labute approximate surface area is 108 Å². The predicted molar refractivity (Wildman–Crippen MR) is 75.4 cm³/mol. The van der Waals surface area contributed by atoms with Crippen molar-refractivity contribution < 1.29 is 4.79 Å². The van der Waals surface area contributed by atoms with Crippen LogP contribution < -0.4 is 0 Å². The molecule has 0 aromatic heterocycles. The van der Waals surface area contributed by atoms with E-state index in [9.17, 15) is 4.79 Å². The van der Waals surface area contributed by atoms with Gasteiger partial charge in [0.2, 0.25) is 0 Å². The number of Topliss-reactive ketones (excluding diaryl/α,β-unsaturated/α-hetero) is 1. The molecule has 0 N–H and O–H groups in total. The van der Waals surface area contributed by atoms with Gasteiger partial charge in [-0.15, -0.1) is 0 Å². The van der Waals surface area contributed by atoms with Gasteiger partial charge in [0.25, 0.3) is 0 Å². The van der Waals surface area contributed by atoms with Gasteiger partial charge in [-0.05, 0) is 30.0 Å². The predicted octanol–water partition coefficient (Wildman–Crippen LogP) is 4.12. The monoisotopic (exact) mass is 238 g/mol. The second-order valence-corrected chi connectivity index (χ2v) is 4.78. The molecule has 0 saturated carbocycles. The van der Waals surface area contributed by atoms with Crippen LogP contribution in [-0.4, -0.2) is 5.78 Å². The lowest BCUT2D eigenvalue weighted by molar-refractivity contribution is -0.120. The molecule has 1 heteroatoms. The maximum absolute atomic E-state index is 11.2. The zero-order chi connectivity index (χ0) is 13.0. The molecule has 2 aromatic rings. The molecule has 0 bridgehead atoms. The third-order valence-corrected chi connectivity index (χ3v) is 3.30. The van der Waals surface area contributed by atoms with Crippen LogP contribution in [0.1, 0.15) is 19.4 Å². The van der Waals surface area contributed by atoms with E-state index in [0.29, 0.717) is 0 Å². The lowest BCUT2D eigenvalue weighted by Gasteiger charge is -2.08. The summed E-state index contributed by atoms with van der Waals surface area (Å²) in [6.45, 7) is 3.64. The third-order valence-electron chi connectivity index (χ3n) is 3.30. The molecule has 92 valence electrons. The third kappa shape index (κ3) is 3.07. The van der Waals surface area contributed by atoms with Gasteiger partial charge in [-0.3, -0.25) is 4.79 Å². The Kier molecular flexibility index (Phi) is 3.93. The van der Waals surface area contributed by atoms with E-state index in [1.807, 2.05) is 25.1 Å². The summed E-state index contributed by atoms with van der Waals surface area (Å²) in [5.74, 6) is 0.356. The van der Waals surface area contributed by atoms with Gasteiger partial charge in [-0.25, -0.2) is 0 Å². The van der Waals surface area contributed by atoms with E-state index in [2.05, 4.69) is 36.4 Å². The molecule has 1 atom stereocenters. The Morgan fingerprint density at radius 2 is 1.50 bits per heavy atom. The van der Waals surface area contributed by atoms with Crippen molar-refractivity contribution in [3.63, 3.8) is 0 Å². The molecule has 0 aliphatic rings. The summed E-state index contributed by atoms with van der Waals surface area (Å²) in [5.41, 5.74) is 3.66. The summed E-state index contributed by atoms with van der Waals surface area (Å²) in [6, 6.07) is 18.8. The summed E-state index contributed by atoms with van der Waals surface area (Å²) >= 11 is 0. The molecule has 0 fully saturated rings. The molecule has 0 aliphatic heterocycles. The average molecular weight is 238 g/mol. The Balaban J connectivity index is 2.13. The Hall–Kier alpha value is -1.89. The second-order valence-electron chi connectivity index (χ2n) is 4.78. The largest absolute Gasteiger partial charge is 0.300 e. The molecule has 1 nitrogen and oxygen atoms in total. The van der Waals surface area contributed by atoms with E-state index in [0.717, 1.165) is 6.42 Å². The number of ketones is 1. The van der Waals surface area contributed by atoms with Crippen molar-refractivity contribution in [3.8, 4) is 11.1 Å². The topological polar surface area (TPSA) is 17.1 Å². The van der Waals surface area contributed by atoms with Crippen molar-refractivity contribution in [1.82, 2.24) is 0 Å². The van der Waals surface area contributed by atoms with Gasteiger partial charge in [-0.1, -0.05) is 61.5 Å². The Bertz CT molecular complexity index is 511. The SMILES string of the molecule is CC(=O)C(C)Cc1ccc(-c2ccccc2)cc1. The molecule has 0 aliphatic carbocycles. The van der Waals surface area contributed by atoms with E-state index in [1.54, 1.807) is 6.92 Å². The molecule has 2 aromatic carbocycles. The van der Waals surface area contributed by atoms with Crippen LogP contribution in [0, 0.1) is 5.92 Å². The van der Waals surface area contributed by atoms with Gasteiger partial charge >= 0.3 is 0 Å². The van der Waals surface area contributed by atoms with E-state index in [1.165, 1.54) is 16.7 Å². The number of carbonyl (C=O) groups excluding carboxylic acids is 1. The van der Waals surface area contributed by atoms with Gasteiger partial charge in [0, 0.05) is 5.92 Å². The highest BCUT2D eigenvalue weighted by atomic mass is 16.1. The van der Waals surface area contributed by atoms with Crippen molar-refractivity contribution in [1.29, 1.82) is 0 Å². The minimum atomic E-state index is 0.104. The molecular formula is C17H18O. The number of hydrogen-bond acceptors (Lipinski definition) is 1. The molecule has 18 heavy (non-hydrogen) atoms. The van der Waals surface area contributed by atoms with E-state index >= 15 is 0 Å². The van der Waals surface area contributed by atoms with E-state index in [-0.39, 0.29) is 11.7 Å². The Morgan fingerprint density at radius 1 is 0.944 bits per heavy atom. The molecule has 0 spiro atoms. The normalized spacial score (nSPS) is 12.1. The van der Waals surface area contributed by atoms with Crippen molar-refractivity contribution in [2.45, 2.75) is 20.3 Å². The van der Waals surface area contributed by atoms with Crippen LogP contribution >= 0.6 is 0 Å². The quantitative estimate of drug-likeness (QED) is 0.783. The fourth-order valence-corrected chi connectivity index (χ4v) is 1.96. The first kappa shape index (κ1) is 12.6. The van der Waals surface area contributed by atoms with Crippen molar-refractivity contribution >= 4 is 5.78 Å². The van der Waals surface area contributed by atoms with Gasteiger partial charge in [0.1, 0.15) is 5.78 Å². The van der Waals surface area contributed by atoms with Crippen LogP contribution in [0.2, 0.25) is 0 Å². The first-order valence-electron chi connectivity index (χ1n) is 6.31. The number of hydrogen-bond donors (Lipinski definition) is 0. The minimum Gasteiger partial charge on any atom is -0.300 e. The first-order chi connectivity index (χ1) is 8.66. The standard InChI is InChI=1S/C17H18O/c1-13(14(2)18)12-15-8-10-17(11-9-15)16-6-4-3-5-7-16/h3-11,13H,12H2,1-2H3. The fourth-order valence-electron chi connectivity index (χ4n) is 1.96. The number of carbonyl (C=O) groups is 1. The molecule has 0 saturated heterocycles. The van der Waals surface area contributed by atoms with Crippen LogP contribution in [0.3, 0.4) is 0 Å². The lowest BCUT2D eigenvalue weighted by atomic mass is 9.96. The maximum atomic E-state index is 11.2. The number of benzene rings is 2. The van der Waals surface area contributed by atoms with Gasteiger partial charge in [0.15, 0.2) is 0 Å². The zero-order valence-electron chi connectivity index (χ0n) is 10.9. The molecule has 0 radical (unpaired) electrons. The van der Waals surface area contributed by atoms with E-state index in [4.69, 9.17) is 0 Å². The zero-order valence-corrected chi connectivity index (χ0v) is 10.9. The first-order valence-corrected chi connectivity index (χ1v) is 6.31. The van der Waals surface area contributed by atoms with E-state index < -0.39 is 0 Å². The van der Waals surface area contributed by atoms with Crippen LogP contribution in [0.5, 0.6) is 0 Å². The lowest BCUT2D eigenvalue weighted by Crippen LogP contribution is -2.09.